The molecule has 272 valence electrons. The predicted molar refractivity (Wildman–Crippen MR) is 160 cm³/mol. The summed E-state index contributed by atoms with van der Waals surface area (Å²) in [5.41, 5.74) is -8.10. The van der Waals surface area contributed by atoms with Gasteiger partial charge in [0.1, 0.15) is 22.2 Å². The molecule has 0 spiro atoms. The Kier molecular flexibility index (Phi) is 10.3. The van der Waals surface area contributed by atoms with Crippen LogP contribution in [0.3, 0.4) is 0 Å². The van der Waals surface area contributed by atoms with Crippen molar-refractivity contribution in [3.8, 4) is 0 Å². The average Bonchev–Trinajstić information content (AvgIpc) is 3.53. The van der Waals surface area contributed by atoms with Gasteiger partial charge in [-0.15, -0.1) is 0 Å². The minimum absolute atomic E-state index is 0.0238. The summed E-state index contributed by atoms with van der Waals surface area (Å²) in [6.07, 6.45) is -11.8. The molecule has 2 aliphatic rings. The Morgan fingerprint density at radius 2 is 1.38 bits per heavy atom. The molecule has 2 fully saturated rings. The number of aliphatic hydroxyl groups excluding tert-OH is 1. The van der Waals surface area contributed by atoms with Crippen LogP contribution in [-0.4, -0.2) is 74.5 Å². The van der Waals surface area contributed by atoms with Gasteiger partial charge in [0.2, 0.25) is 0 Å². The van der Waals surface area contributed by atoms with Crippen molar-refractivity contribution < 1.29 is 62.6 Å². The van der Waals surface area contributed by atoms with Crippen LogP contribution in [0.15, 0.2) is 71.6 Å². The van der Waals surface area contributed by atoms with E-state index in [2.05, 4.69) is 4.74 Å². The van der Waals surface area contributed by atoms with Crippen LogP contribution in [0.25, 0.3) is 0 Å². The Morgan fingerprint density at radius 3 is 1.90 bits per heavy atom. The molecule has 7 nitrogen and oxygen atoms in total. The first-order valence-electron chi connectivity index (χ1n) is 15.3. The Morgan fingerprint density at radius 1 is 0.820 bits per heavy atom. The van der Waals surface area contributed by atoms with Crippen molar-refractivity contribution in [2.75, 3.05) is 32.8 Å². The van der Waals surface area contributed by atoms with E-state index in [1.807, 2.05) is 0 Å². The van der Waals surface area contributed by atoms with Gasteiger partial charge in [-0.05, 0) is 67.1 Å². The second-order valence-corrected chi connectivity index (χ2v) is 14.5. The summed E-state index contributed by atoms with van der Waals surface area (Å²) in [5, 5.41) is 9.43. The van der Waals surface area contributed by atoms with Crippen molar-refractivity contribution >= 4 is 15.9 Å². The minimum Gasteiger partial charge on any atom is -0.396 e. The normalized spacial score (nSPS) is 19.6. The van der Waals surface area contributed by atoms with Crippen molar-refractivity contribution in [1.29, 1.82) is 0 Å². The SMILES string of the molecule is O=C(N1CCC(CO)CC1)N1CCC(c2ccc(C(OCc3c(F)cccc3F)(C(F)(F)F)C(F)(F)F)cc2)(S(=O)(=O)c2ccc(F)cc2)C1. The highest BCUT2D eigenvalue weighted by atomic mass is 32.2. The molecule has 1 unspecified atom stereocenters. The maximum Gasteiger partial charge on any atom is 0.430 e. The first kappa shape index (κ1) is 37.4. The van der Waals surface area contributed by atoms with Crippen molar-refractivity contribution in [2.45, 2.75) is 53.5 Å². The van der Waals surface area contributed by atoms with E-state index in [0.29, 0.717) is 37.1 Å². The van der Waals surface area contributed by atoms with Crippen LogP contribution in [-0.2, 0) is 31.5 Å². The summed E-state index contributed by atoms with van der Waals surface area (Å²) in [5.74, 6) is -3.68. The summed E-state index contributed by atoms with van der Waals surface area (Å²) < 4.78 is 160. The number of piperidine rings is 1. The minimum atomic E-state index is -6.23. The number of sulfone groups is 1. The molecule has 0 aromatic heterocycles. The molecule has 0 saturated carbocycles. The maximum atomic E-state index is 14.5. The molecule has 2 saturated heterocycles. The van der Waals surface area contributed by atoms with Crippen molar-refractivity contribution in [3.63, 3.8) is 0 Å². The molecule has 17 heteroatoms. The molecule has 0 radical (unpaired) electrons. The van der Waals surface area contributed by atoms with E-state index in [4.69, 9.17) is 0 Å². The monoisotopic (exact) mass is 738 g/mol. The van der Waals surface area contributed by atoms with Gasteiger partial charge in [0.15, 0.2) is 9.84 Å². The third kappa shape index (κ3) is 6.54. The molecular weight excluding hydrogens is 707 g/mol. The van der Waals surface area contributed by atoms with Gasteiger partial charge in [0.25, 0.3) is 5.60 Å². The van der Waals surface area contributed by atoms with E-state index in [9.17, 15) is 57.8 Å². The quantitative estimate of drug-likeness (QED) is 0.202. The highest BCUT2D eigenvalue weighted by Gasteiger charge is 2.73. The van der Waals surface area contributed by atoms with Crippen LogP contribution in [0.2, 0.25) is 0 Å². The number of halogens is 9. The number of likely N-dealkylation sites (tertiary alicyclic amines) is 2. The number of hydrogen-bond acceptors (Lipinski definition) is 5. The van der Waals surface area contributed by atoms with Gasteiger partial charge in [-0.1, -0.05) is 30.3 Å². The number of carbonyl (C=O) groups excluding carboxylic acids is 1. The molecule has 2 aliphatic heterocycles. The van der Waals surface area contributed by atoms with E-state index in [1.54, 1.807) is 0 Å². The van der Waals surface area contributed by atoms with Gasteiger partial charge in [-0.25, -0.2) is 26.4 Å². The zero-order valence-electron chi connectivity index (χ0n) is 26.1. The lowest BCUT2D eigenvalue weighted by Crippen LogP contribution is -2.56. The van der Waals surface area contributed by atoms with Crippen molar-refractivity contribution in [3.05, 3.63) is 101 Å². The van der Waals surface area contributed by atoms with Crippen LogP contribution >= 0.6 is 0 Å². The van der Waals surface area contributed by atoms with E-state index in [0.717, 1.165) is 42.5 Å². The van der Waals surface area contributed by atoms with Crippen LogP contribution in [0.5, 0.6) is 0 Å². The number of benzene rings is 3. The smallest absolute Gasteiger partial charge is 0.396 e. The predicted octanol–water partition coefficient (Wildman–Crippen LogP) is 6.84. The number of carbonyl (C=O) groups is 1. The first-order chi connectivity index (χ1) is 23.4. The molecule has 3 aromatic carbocycles. The van der Waals surface area contributed by atoms with Gasteiger partial charge in [-0.2, -0.15) is 26.3 Å². The molecule has 1 atom stereocenters. The molecule has 5 rings (SSSR count). The van der Waals surface area contributed by atoms with Crippen LogP contribution < -0.4 is 0 Å². The number of hydrogen-bond donors (Lipinski definition) is 1. The number of ether oxygens (including phenoxy) is 1. The standard InChI is InChI=1S/C33H31F9N2O5S/c34-24-8-10-25(11-9-24)50(47,48)30(14-17-44(20-30)29(46)43-15-12-21(18-45)13-16-43)22-4-6-23(7-5-22)31(32(37,38)39,33(40,41)42)49-19-26-27(35)2-1-3-28(26)36/h1-11,21,45H,12-20H2. The van der Waals surface area contributed by atoms with Crippen molar-refractivity contribution in [1.82, 2.24) is 9.80 Å². The van der Waals surface area contributed by atoms with Gasteiger partial charge in [0, 0.05) is 43.9 Å². The number of urea groups is 1. The summed E-state index contributed by atoms with van der Waals surface area (Å²) >= 11 is 0. The van der Waals surface area contributed by atoms with E-state index >= 15 is 0 Å². The number of aliphatic hydroxyl groups is 1. The van der Waals surface area contributed by atoms with E-state index in [-0.39, 0.29) is 44.1 Å². The third-order valence-electron chi connectivity index (χ3n) is 9.39. The molecule has 1 N–H and O–H groups in total. The summed E-state index contributed by atoms with van der Waals surface area (Å²) in [6.45, 7) is -2.02. The average molecular weight is 739 g/mol. The van der Waals surface area contributed by atoms with Crippen LogP contribution in [0.1, 0.15) is 36.0 Å². The first-order valence-corrected chi connectivity index (χ1v) is 16.8. The molecule has 3 aromatic rings. The molecule has 50 heavy (non-hydrogen) atoms. The topological polar surface area (TPSA) is 87.2 Å². The molecule has 2 amide bonds. The van der Waals surface area contributed by atoms with Gasteiger partial charge in [0.05, 0.1) is 11.5 Å². The second kappa shape index (κ2) is 13.7. The fourth-order valence-corrected chi connectivity index (χ4v) is 8.57. The van der Waals surface area contributed by atoms with Gasteiger partial charge in [-0.3, -0.25) is 0 Å². The van der Waals surface area contributed by atoms with E-state index < -0.39 is 85.2 Å². The summed E-state index contributed by atoms with van der Waals surface area (Å²) in [6, 6.07) is 7.47. The molecule has 0 bridgehead atoms. The lowest BCUT2D eigenvalue weighted by atomic mass is 9.88. The second-order valence-electron chi connectivity index (χ2n) is 12.3. The highest BCUT2D eigenvalue weighted by molar-refractivity contribution is 7.92. The third-order valence-corrected chi connectivity index (χ3v) is 11.9. The Balaban J connectivity index is 1.57. The Bertz CT molecular complexity index is 1760. The number of amides is 2. The lowest BCUT2D eigenvalue weighted by Gasteiger charge is -2.38. The fraction of sp³-hybridized carbons (Fsp3) is 0.424. The fourth-order valence-electron chi connectivity index (χ4n) is 6.50. The molecule has 2 heterocycles. The zero-order valence-corrected chi connectivity index (χ0v) is 26.9. The Hall–Kier alpha value is -3.83. The largest absolute Gasteiger partial charge is 0.430 e. The van der Waals surface area contributed by atoms with Gasteiger partial charge < -0.3 is 19.6 Å². The number of nitrogens with zero attached hydrogens (tertiary/aromatic N) is 2. The van der Waals surface area contributed by atoms with E-state index in [1.165, 1.54) is 9.80 Å². The van der Waals surface area contributed by atoms with Gasteiger partial charge >= 0.3 is 18.4 Å². The van der Waals surface area contributed by atoms with Crippen LogP contribution in [0, 0.1) is 23.4 Å². The lowest BCUT2D eigenvalue weighted by molar-refractivity contribution is -0.392. The summed E-state index contributed by atoms with van der Waals surface area (Å²) in [4.78, 5) is 15.8. The zero-order chi connectivity index (χ0) is 36.7. The maximum absolute atomic E-state index is 14.5. The highest BCUT2D eigenvalue weighted by Crippen LogP contribution is 2.54. The Labute approximate surface area is 281 Å². The summed E-state index contributed by atoms with van der Waals surface area (Å²) in [7, 11) is -4.61. The molecule has 0 aliphatic carbocycles. The van der Waals surface area contributed by atoms with Crippen molar-refractivity contribution in [2.24, 2.45) is 5.92 Å². The van der Waals surface area contributed by atoms with Crippen LogP contribution in [0.4, 0.5) is 44.3 Å². The number of alkyl halides is 6. The molecular formula is C33H31F9N2O5S. The number of rotatable bonds is 8.